The second kappa shape index (κ2) is 9.32. The Bertz CT molecular complexity index is 220. The van der Waals surface area contributed by atoms with Crippen molar-refractivity contribution in [2.24, 2.45) is 0 Å². The van der Waals surface area contributed by atoms with E-state index < -0.39 is 0 Å². The zero-order valence-electron chi connectivity index (χ0n) is 9.96. The molecule has 0 N–H and O–H groups in total. The van der Waals surface area contributed by atoms with Gasteiger partial charge in [-0.15, -0.1) is 0 Å². The topological polar surface area (TPSA) is 9.23 Å². The largest absolute Gasteiger partial charge is 0.458 e. The van der Waals surface area contributed by atoms with E-state index in [9.17, 15) is 0 Å². The van der Waals surface area contributed by atoms with Crippen LogP contribution in [0.4, 0.5) is 0 Å². The Hall–Kier alpha value is -1.24. The van der Waals surface area contributed by atoms with Crippen molar-refractivity contribution >= 4 is 0 Å². The normalized spacial score (nSPS) is 12.4. The Labute approximate surface area is 93.8 Å². The van der Waals surface area contributed by atoms with E-state index in [0.717, 1.165) is 37.2 Å². The summed E-state index contributed by atoms with van der Waals surface area (Å²) in [6, 6.07) is 0. The second-order valence-electron chi connectivity index (χ2n) is 3.30. The molecule has 0 aliphatic heterocycles. The highest BCUT2D eigenvalue weighted by Crippen LogP contribution is 2.11. The van der Waals surface area contributed by atoms with Crippen molar-refractivity contribution in [3.8, 4) is 0 Å². The summed E-state index contributed by atoms with van der Waals surface area (Å²) >= 11 is 0. The molecule has 0 rings (SSSR count). The van der Waals surface area contributed by atoms with Crippen molar-refractivity contribution in [3.05, 3.63) is 49.0 Å². The van der Waals surface area contributed by atoms with E-state index in [0.29, 0.717) is 0 Å². The van der Waals surface area contributed by atoms with Crippen LogP contribution >= 0.6 is 0 Å². The first-order valence-corrected chi connectivity index (χ1v) is 5.61. The van der Waals surface area contributed by atoms with E-state index in [4.69, 9.17) is 4.74 Å². The summed E-state index contributed by atoms with van der Waals surface area (Å²) in [5, 5.41) is 0. The first-order chi connectivity index (χ1) is 7.28. The molecular formula is C14H22O. The minimum atomic E-state index is 0.819. The van der Waals surface area contributed by atoms with Gasteiger partial charge in [-0.3, -0.25) is 0 Å². The SMILES string of the molecule is C=CC(=CCCC)OC(C=C)=CCCC. The van der Waals surface area contributed by atoms with Crippen LogP contribution in [-0.4, -0.2) is 0 Å². The Kier molecular flexibility index (Phi) is 8.55. The van der Waals surface area contributed by atoms with Crippen LogP contribution in [0.3, 0.4) is 0 Å². The van der Waals surface area contributed by atoms with Crippen LogP contribution < -0.4 is 0 Å². The van der Waals surface area contributed by atoms with Crippen molar-refractivity contribution in [3.63, 3.8) is 0 Å². The molecule has 1 nitrogen and oxygen atoms in total. The summed E-state index contributed by atoms with van der Waals surface area (Å²) in [6.45, 7) is 11.7. The van der Waals surface area contributed by atoms with Gasteiger partial charge in [-0.25, -0.2) is 0 Å². The lowest BCUT2D eigenvalue weighted by Crippen LogP contribution is -1.88. The van der Waals surface area contributed by atoms with Gasteiger partial charge in [-0.1, -0.05) is 39.8 Å². The highest BCUT2D eigenvalue weighted by molar-refractivity contribution is 5.17. The van der Waals surface area contributed by atoms with E-state index in [-0.39, 0.29) is 0 Å². The zero-order valence-corrected chi connectivity index (χ0v) is 9.96. The Morgan fingerprint density at radius 2 is 1.33 bits per heavy atom. The van der Waals surface area contributed by atoms with Crippen LogP contribution in [0.2, 0.25) is 0 Å². The monoisotopic (exact) mass is 206 g/mol. The summed E-state index contributed by atoms with van der Waals surface area (Å²) in [5.74, 6) is 1.64. The first kappa shape index (κ1) is 13.8. The van der Waals surface area contributed by atoms with E-state index in [1.807, 2.05) is 0 Å². The van der Waals surface area contributed by atoms with Gasteiger partial charge in [0.05, 0.1) is 0 Å². The fourth-order valence-electron chi connectivity index (χ4n) is 1.04. The van der Waals surface area contributed by atoms with Crippen LogP contribution in [-0.2, 0) is 4.74 Å². The van der Waals surface area contributed by atoms with Gasteiger partial charge in [-0.2, -0.15) is 0 Å². The van der Waals surface area contributed by atoms with Crippen LogP contribution in [0, 0.1) is 0 Å². The molecule has 0 heterocycles. The average molecular weight is 206 g/mol. The molecule has 0 radical (unpaired) electrons. The predicted octanol–water partition coefficient (Wildman–Crippen LogP) is 4.74. The minimum absolute atomic E-state index is 0.819. The number of hydrogen-bond acceptors (Lipinski definition) is 1. The minimum Gasteiger partial charge on any atom is -0.458 e. The van der Waals surface area contributed by atoms with Crippen molar-refractivity contribution in [2.45, 2.75) is 39.5 Å². The van der Waals surface area contributed by atoms with Gasteiger partial charge >= 0.3 is 0 Å². The first-order valence-electron chi connectivity index (χ1n) is 5.61. The molecule has 0 atom stereocenters. The van der Waals surface area contributed by atoms with Crippen LogP contribution in [0.15, 0.2) is 49.0 Å². The third-order valence-corrected chi connectivity index (χ3v) is 1.91. The molecular weight excluding hydrogens is 184 g/mol. The number of unbranched alkanes of at least 4 members (excludes halogenated alkanes) is 2. The molecule has 1 heteroatoms. The van der Waals surface area contributed by atoms with E-state index in [1.54, 1.807) is 12.2 Å². The molecule has 0 amide bonds. The molecule has 0 aliphatic rings. The van der Waals surface area contributed by atoms with Crippen molar-refractivity contribution < 1.29 is 4.74 Å². The molecule has 0 aromatic carbocycles. The van der Waals surface area contributed by atoms with Gasteiger partial charge in [0.1, 0.15) is 11.5 Å². The number of rotatable bonds is 8. The lowest BCUT2D eigenvalue weighted by Gasteiger charge is -2.07. The third kappa shape index (κ3) is 6.78. The number of hydrogen-bond donors (Lipinski definition) is 0. The standard InChI is InChI=1S/C14H22O/c1-5-9-11-13(7-3)15-14(8-4)12-10-6-2/h7-8,11-12H,3-6,9-10H2,1-2H3. The number of ether oxygens (including phenoxy) is 1. The van der Waals surface area contributed by atoms with Gasteiger partial charge in [0, 0.05) is 0 Å². The smallest absolute Gasteiger partial charge is 0.122 e. The van der Waals surface area contributed by atoms with Gasteiger partial charge in [-0.05, 0) is 37.1 Å². The summed E-state index contributed by atoms with van der Waals surface area (Å²) in [4.78, 5) is 0. The molecule has 0 saturated heterocycles. The lowest BCUT2D eigenvalue weighted by atomic mass is 10.3. The summed E-state index contributed by atoms with van der Waals surface area (Å²) in [5.41, 5.74) is 0. The van der Waals surface area contributed by atoms with E-state index in [1.165, 1.54) is 0 Å². The molecule has 0 saturated carbocycles. The maximum atomic E-state index is 5.64. The van der Waals surface area contributed by atoms with Crippen LogP contribution in [0.1, 0.15) is 39.5 Å². The maximum absolute atomic E-state index is 5.64. The molecule has 0 unspecified atom stereocenters. The van der Waals surface area contributed by atoms with Gasteiger partial charge in [0.2, 0.25) is 0 Å². The van der Waals surface area contributed by atoms with Gasteiger partial charge < -0.3 is 4.74 Å². The van der Waals surface area contributed by atoms with E-state index in [2.05, 4.69) is 39.2 Å². The fourth-order valence-corrected chi connectivity index (χ4v) is 1.04. The van der Waals surface area contributed by atoms with Crippen molar-refractivity contribution in [2.75, 3.05) is 0 Å². The predicted molar refractivity (Wildman–Crippen MR) is 67.5 cm³/mol. The summed E-state index contributed by atoms with van der Waals surface area (Å²) in [6.07, 6.45) is 11.8. The van der Waals surface area contributed by atoms with Crippen LogP contribution in [0.25, 0.3) is 0 Å². The van der Waals surface area contributed by atoms with Gasteiger partial charge in [0.15, 0.2) is 0 Å². The van der Waals surface area contributed by atoms with E-state index >= 15 is 0 Å². The number of allylic oxidation sites excluding steroid dienone is 4. The Morgan fingerprint density at radius 3 is 1.60 bits per heavy atom. The summed E-state index contributed by atoms with van der Waals surface area (Å²) in [7, 11) is 0. The van der Waals surface area contributed by atoms with Gasteiger partial charge in [0.25, 0.3) is 0 Å². The van der Waals surface area contributed by atoms with Crippen molar-refractivity contribution in [1.82, 2.24) is 0 Å². The molecule has 0 bridgehead atoms. The molecule has 0 aromatic rings. The van der Waals surface area contributed by atoms with Crippen LogP contribution in [0.5, 0.6) is 0 Å². The molecule has 15 heavy (non-hydrogen) atoms. The fraction of sp³-hybridized carbons (Fsp3) is 0.429. The average Bonchev–Trinajstić information content (AvgIpc) is 2.28. The zero-order chi connectivity index (χ0) is 11.5. The Morgan fingerprint density at radius 1 is 0.933 bits per heavy atom. The molecule has 0 spiro atoms. The third-order valence-electron chi connectivity index (χ3n) is 1.91. The molecule has 0 fully saturated rings. The summed E-state index contributed by atoms with van der Waals surface area (Å²) < 4.78 is 5.64. The Balaban J connectivity index is 4.36. The highest BCUT2D eigenvalue weighted by Gasteiger charge is 1.95. The molecule has 0 aromatic heterocycles. The molecule has 0 aliphatic carbocycles. The maximum Gasteiger partial charge on any atom is 0.122 e. The van der Waals surface area contributed by atoms with Crippen molar-refractivity contribution in [1.29, 1.82) is 0 Å². The quantitative estimate of drug-likeness (QED) is 0.411. The highest BCUT2D eigenvalue weighted by atomic mass is 16.5. The lowest BCUT2D eigenvalue weighted by molar-refractivity contribution is 0.332. The second-order valence-corrected chi connectivity index (χ2v) is 3.30. The molecule has 84 valence electrons.